The molecule has 0 aliphatic carbocycles. The molecule has 0 spiro atoms. The lowest BCUT2D eigenvalue weighted by Crippen LogP contribution is -2.29. The van der Waals surface area contributed by atoms with Gasteiger partial charge in [0.15, 0.2) is 11.6 Å². The van der Waals surface area contributed by atoms with Gasteiger partial charge in [-0.25, -0.2) is 8.78 Å². The van der Waals surface area contributed by atoms with Crippen LogP contribution >= 0.6 is 0 Å². The Morgan fingerprint density at radius 1 is 1.44 bits per heavy atom. The van der Waals surface area contributed by atoms with Gasteiger partial charge in [-0.3, -0.25) is 4.79 Å². The van der Waals surface area contributed by atoms with Crippen molar-refractivity contribution in [3.8, 4) is 0 Å². The Bertz CT molecular complexity index is 438. The van der Waals surface area contributed by atoms with Gasteiger partial charge in [-0.05, 0) is 18.4 Å². The quantitative estimate of drug-likeness (QED) is 0.697. The average Bonchev–Trinajstić information content (AvgIpc) is 2.31. The third-order valence-electron chi connectivity index (χ3n) is 2.57. The lowest BCUT2D eigenvalue weighted by Gasteiger charge is -2.12. The minimum absolute atomic E-state index is 0.0321. The number of nitrogen functional groups attached to an aromatic ring is 1. The highest BCUT2D eigenvalue weighted by molar-refractivity contribution is 5.99. The van der Waals surface area contributed by atoms with Crippen LogP contribution in [0.1, 0.15) is 23.7 Å². The molecule has 0 bridgehead atoms. The number of benzene rings is 1. The van der Waals surface area contributed by atoms with Crippen LogP contribution in [-0.4, -0.2) is 24.2 Å². The number of anilines is 1. The molecule has 6 heteroatoms. The third-order valence-corrected chi connectivity index (χ3v) is 2.57. The number of nitrogens with two attached hydrogens (primary N) is 1. The lowest BCUT2D eigenvalue weighted by atomic mass is 10.1. The highest BCUT2D eigenvalue weighted by atomic mass is 19.2. The van der Waals surface area contributed by atoms with E-state index in [9.17, 15) is 13.6 Å². The molecule has 0 saturated carbocycles. The molecule has 1 aromatic carbocycles. The molecule has 0 heterocycles. The van der Waals surface area contributed by atoms with Crippen LogP contribution in [0.15, 0.2) is 12.1 Å². The van der Waals surface area contributed by atoms with Crippen LogP contribution in [0.2, 0.25) is 0 Å². The Hall–Kier alpha value is -1.69. The van der Waals surface area contributed by atoms with E-state index in [0.717, 1.165) is 12.1 Å². The summed E-state index contributed by atoms with van der Waals surface area (Å²) in [5.74, 6) is -2.67. The molecule has 100 valence electrons. The smallest absolute Gasteiger partial charge is 0.253 e. The van der Waals surface area contributed by atoms with Crippen LogP contribution in [0, 0.1) is 17.6 Å². The Labute approximate surface area is 104 Å². The number of carbonyl (C=O) groups is 1. The van der Waals surface area contributed by atoms with Crippen molar-refractivity contribution < 1.29 is 18.7 Å². The fourth-order valence-corrected chi connectivity index (χ4v) is 1.44. The fraction of sp³-hybridized carbons (Fsp3) is 0.417. The van der Waals surface area contributed by atoms with Gasteiger partial charge in [0.2, 0.25) is 0 Å². The molecule has 1 amide bonds. The van der Waals surface area contributed by atoms with Crippen molar-refractivity contribution in [3.05, 3.63) is 29.3 Å². The topological polar surface area (TPSA) is 75.3 Å². The van der Waals surface area contributed by atoms with Gasteiger partial charge in [0.1, 0.15) is 0 Å². The predicted octanol–water partition coefficient (Wildman–Crippen LogP) is 1.30. The van der Waals surface area contributed by atoms with Crippen molar-refractivity contribution >= 4 is 11.6 Å². The van der Waals surface area contributed by atoms with Crippen molar-refractivity contribution in [2.75, 3.05) is 18.9 Å². The van der Waals surface area contributed by atoms with E-state index in [2.05, 4.69) is 5.32 Å². The maximum Gasteiger partial charge on any atom is 0.253 e. The predicted molar refractivity (Wildman–Crippen MR) is 64.0 cm³/mol. The number of halogens is 2. The zero-order chi connectivity index (χ0) is 13.7. The van der Waals surface area contributed by atoms with Crippen LogP contribution in [0.25, 0.3) is 0 Å². The Kier molecular flexibility index (Phi) is 5.03. The fourth-order valence-electron chi connectivity index (χ4n) is 1.44. The number of aliphatic hydroxyl groups is 1. The third kappa shape index (κ3) is 3.66. The highest BCUT2D eigenvalue weighted by Crippen LogP contribution is 2.17. The normalized spacial score (nSPS) is 12.2. The zero-order valence-corrected chi connectivity index (χ0v) is 10.0. The maximum absolute atomic E-state index is 13.0. The van der Waals surface area contributed by atoms with E-state index >= 15 is 0 Å². The lowest BCUT2D eigenvalue weighted by molar-refractivity contribution is 0.0946. The monoisotopic (exact) mass is 258 g/mol. The summed E-state index contributed by atoms with van der Waals surface area (Å²) in [7, 11) is 0. The number of nitrogens with one attached hydrogen (secondary N) is 1. The maximum atomic E-state index is 13.0. The molecule has 4 N–H and O–H groups in total. The van der Waals surface area contributed by atoms with Crippen LogP contribution in [0.3, 0.4) is 0 Å². The summed E-state index contributed by atoms with van der Waals surface area (Å²) in [5, 5.41) is 11.3. The van der Waals surface area contributed by atoms with E-state index in [1.54, 1.807) is 0 Å². The van der Waals surface area contributed by atoms with E-state index in [4.69, 9.17) is 10.8 Å². The number of amides is 1. The summed E-state index contributed by atoms with van der Waals surface area (Å²) in [5.41, 5.74) is 5.25. The first-order valence-corrected chi connectivity index (χ1v) is 5.59. The molecule has 1 unspecified atom stereocenters. The Morgan fingerprint density at radius 2 is 2.06 bits per heavy atom. The molecule has 1 rings (SSSR count). The van der Waals surface area contributed by atoms with E-state index in [-0.39, 0.29) is 23.8 Å². The van der Waals surface area contributed by atoms with E-state index in [1.165, 1.54) is 0 Å². The van der Waals surface area contributed by atoms with Crippen LogP contribution in [0.5, 0.6) is 0 Å². The molecular weight excluding hydrogens is 242 g/mol. The summed E-state index contributed by atoms with van der Waals surface area (Å²) >= 11 is 0. The summed E-state index contributed by atoms with van der Waals surface area (Å²) < 4.78 is 25.8. The van der Waals surface area contributed by atoms with Gasteiger partial charge in [0.05, 0.1) is 5.56 Å². The summed E-state index contributed by atoms with van der Waals surface area (Å²) in [6.07, 6.45) is 0.549. The number of rotatable bonds is 5. The van der Waals surface area contributed by atoms with Gasteiger partial charge < -0.3 is 16.2 Å². The summed E-state index contributed by atoms with van der Waals surface area (Å²) in [4.78, 5) is 11.7. The number of aliphatic hydroxyl groups excluding tert-OH is 1. The largest absolute Gasteiger partial charge is 0.398 e. The minimum atomic E-state index is -1.11. The second-order valence-electron chi connectivity index (χ2n) is 4.18. The molecule has 1 atom stereocenters. The zero-order valence-electron chi connectivity index (χ0n) is 10.0. The van der Waals surface area contributed by atoms with Gasteiger partial charge in [-0.1, -0.05) is 6.92 Å². The molecule has 0 aliphatic heterocycles. The van der Waals surface area contributed by atoms with Crippen molar-refractivity contribution in [2.45, 2.75) is 13.3 Å². The Balaban J connectivity index is 2.70. The van der Waals surface area contributed by atoms with Crippen molar-refractivity contribution in [1.29, 1.82) is 0 Å². The van der Waals surface area contributed by atoms with Gasteiger partial charge in [-0.2, -0.15) is 0 Å². The van der Waals surface area contributed by atoms with E-state index < -0.39 is 17.5 Å². The van der Waals surface area contributed by atoms with Crippen LogP contribution in [0.4, 0.5) is 14.5 Å². The summed E-state index contributed by atoms with van der Waals surface area (Å²) in [6, 6.07) is 1.55. The first-order chi connectivity index (χ1) is 8.45. The van der Waals surface area contributed by atoms with Gasteiger partial charge >= 0.3 is 0 Å². The van der Waals surface area contributed by atoms with E-state index in [1.807, 2.05) is 6.92 Å². The molecule has 1 aromatic rings. The van der Waals surface area contributed by atoms with Gasteiger partial charge in [-0.15, -0.1) is 0 Å². The van der Waals surface area contributed by atoms with Crippen molar-refractivity contribution in [1.82, 2.24) is 5.32 Å². The molecular formula is C12H16F2N2O2. The molecule has 4 nitrogen and oxygen atoms in total. The molecule has 0 aliphatic rings. The molecule has 0 saturated heterocycles. The van der Waals surface area contributed by atoms with Crippen molar-refractivity contribution in [3.63, 3.8) is 0 Å². The Morgan fingerprint density at radius 3 is 2.67 bits per heavy atom. The molecule has 18 heavy (non-hydrogen) atoms. The summed E-state index contributed by atoms with van der Waals surface area (Å²) in [6.45, 7) is 2.22. The molecule has 0 aromatic heterocycles. The second-order valence-corrected chi connectivity index (χ2v) is 4.18. The average molecular weight is 258 g/mol. The van der Waals surface area contributed by atoms with Gasteiger partial charge in [0.25, 0.3) is 5.91 Å². The highest BCUT2D eigenvalue weighted by Gasteiger charge is 2.14. The number of hydrogen-bond donors (Lipinski definition) is 3. The first-order valence-electron chi connectivity index (χ1n) is 5.59. The standard InChI is InChI=1S/C12H16F2N2O2/c1-7(2-3-17)6-16-12(18)8-4-9(13)10(14)5-11(8)15/h4-5,7,17H,2-3,6,15H2,1H3,(H,16,18). The van der Waals surface area contributed by atoms with Crippen LogP contribution in [-0.2, 0) is 0 Å². The van der Waals surface area contributed by atoms with Gasteiger partial charge in [0, 0.05) is 24.9 Å². The number of carbonyl (C=O) groups excluding carboxylic acids is 1. The molecule has 0 radical (unpaired) electrons. The first kappa shape index (κ1) is 14.4. The second kappa shape index (κ2) is 6.30. The van der Waals surface area contributed by atoms with E-state index in [0.29, 0.717) is 13.0 Å². The SMILES string of the molecule is CC(CCO)CNC(=O)c1cc(F)c(F)cc1N. The number of hydrogen-bond acceptors (Lipinski definition) is 3. The van der Waals surface area contributed by atoms with Crippen LogP contribution < -0.4 is 11.1 Å². The van der Waals surface area contributed by atoms with Crippen molar-refractivity contribution in [2.24, 2.45) is 5.92 Å². The minimum Gasteiger partial charge on any atom is -0.398 e. The molecule has 0 fully saturated rings.